The fraction of sp³-hybridized carbons (Fsp3) is 0.467. The summed E-state index contributed by atoms with van der Waals surface area (Å²) in [4.78, 5) is 0. The summed E-state index contributed by atoms with van der Waals surface area (Å²) in [6, 6.07) is 4.16. The smallest absolute Gasteiger partial charge is 0.139 e. The quantitative estimate of drug-likeness (QED) is 0.862. The molecular formula is C15H20ClNO. The van der Waals surface area contributed by atoms with Crippen LogP contribution in [0.2, 0.25) is 5.02 Å². The third-order valence-electron chi connectivity index (χ3n) is 3.35. The van der Waals surface area contributed by atoms with Crippen LogP contribution in [0.3, 0.4) is 0 Å². The number of hydrogen-bond donors (Lipinski definition) is 1. The van der Waals surface area contributed by atoms with Gasteiger partial charge in [0.25, 0.3) is 0 Å². The van der Waals surface area contributed by atoms with E-state index in [1.54, 1.807) is 0 Å². The van der Waals surface area contributed by atoms with Gasteiger partial charge in [0.15, 0.2) is 0 Å². The molecule has 0 aliphatic rings. The van der Waals surface area contributed by atoms with E-state index >= 15 is 0 Å². The molecule has 0 aliphatic carbocycles. The van der Waals surface area contributed by atoms with E-state index in [1.165, 1.54) is 0 Å². The van der Waals surface area contributed by atoms with Gasteiger partial charge >= 0.3 is 0 Å². The first-order valence-electron chi connectivity index (χ1n) is 6.47. The molecule has 0 saturated carbocycles. The van der Waals surface area contributed by atoms with Crippen LogP contribution in [0.15, 0.2) is 16.5 Å². The van der Waals surface area contributed by atoms with E-state index in [0.717, 1.165) is 45.8 Å². The van der Waals surface area contributed by atoms with Gasteiger partial charge in [-0.1, -0.05) is 24.6 Å². The summed E-state index contributed by atoms with van der Waals surface area (Å²) in [6.07, 6.45) is 1.11. The van der Waals surface area contributed by atoms with Crippen LogP contribution in [0, 0.1) is 13.8 Å². The number of fused-ring (bicyclic) bond motifs is 1. The summed E-state index contributed by atoms with van der Waals surface area (Å²) in [5.41, 5.74) is 3.20. The maximum absolute atomic E-state index is 6.28. The molecule has 1 aromatic carbocycles. The van der Waals surface area contributed by atoms with Gasteiger partial charge in [-0.15, -0.1) is 0 Å². The predicted octanol–water partition coefficient (Wildman–Crippen LogP) is 4.76. The molecule has 0 fully saturated rings. The molecule has 0 bridgehead atoms. The first-order chi connectivity index (χ1) is 8.56. The molecule has 0 saturated heterocycles. The fourth-order valence-electron chi connectivity index (χ4n) is 2.32. The van der Waals surface area contributed by atoms with Crippen LogP contribution in [-0.4, -0.2) is 6.54 Å². The monoisotopic (exact) mass is 265 g/mol. The van der Waals surface area contributed by atoms with Crippen molar-refractivity contribution in [3.8, 4) is 0 Å². The average Bonchev–Trinajstić information content (AvgIpc) is 2.70. The van der Waals surface area contributed by atoms with E-state index in [9.17, 15) is 0 Å². The van der Waals surface area contributed by atoms with Crippen molar-refractivity contribution >= 4 is 22.6 Å². The molecule has 1 atom stereocenters. The normalized spacial score (nSPS) is 13.2. The van der Waals surface area contributed by atoms with E-state index in [1.807, 2.05) is 12.1 Å². The second kappa shape index (κ2) is 5.33. The molecule has 18 heavy (non-hydrogen) atoms. The number of halogens is 1. The standard InChI is InChI=1S/C15H20ClNO/c1-5-8-17-11(4)15-10(3)13-12(16)7-6-9(2)14(13)18-15/h6-7,11,17H,5,8H2,1-4H3. The zero-order valence-corrected chi connectivity index (χ0v) is 12.2. The van der Waals surface area contributed by atoms with E-state index < -0.39 is 0 Å². The van der Waals surface area contributed by atoms with Crippen LogP contribution in [0.5, 0.6) is 0 Å². The lowest BCUT2D eigenvalue weighted by Gasteiger charge is -2.11. The third kappa shape index (κ3) is 2.27. The van der Waals surface area contributed by atoms with E-state index in [2.05, 4.69) is 33.0 Å². The van der Waals surface area contributed by atoms with Gasteiger partial charge in [-0.2, -0.15) is 0 Å². The number of nitrogens with one attached hydrogen (secondary N) is 1. The minimum atomic E-state index is 0.216. The average molecular weight is 266 g/mol. The van der Waals surface area contributed by atoms with Crippen LogP contribution in [0.1, 0.15) is 43.2 Å². The Kier molecular flexibility index (Phi) is 3.98. The van der Waals surface area contributed by atoms with Crippen molar-refractivity contribution in [2.45, 2.75) is 40.2 Å². The fourth-order valence-corrected chi connectivity index (χ4v) is 2.61. The summed E-state index contributed by atoms with van der Waals surface area (Å²) in [7, 11) is 0. The molecule has 1 unspecified atom stereocenters. The van der Waals surface area contributed by atoms with Crippen LogP contribution < -0.4 is 5.32 Å². The van der Waals surface area contributed by atoms with Gasteiger partial charge in [0, 0.05) is 10.9 Å². The van der Waals surface area contributed by atoms with Gasteiger partial charge in [0.05, 0.1) is 11.1 Å². The largest absolute Gasteiger partial charge is 0.459 e. The molecule has 0 aliphatic heterocycles. The summed E-state index contributed by atoms with van der Waals surface area (Å²) in [5, 5.41) is 5.27. The predicted molar refractivity (Wildman–Crippen MR) is 77.4 cm³/mol. The lowest BCUT2D eigenvalue weighted by Crippen LogP contribution is -2.19. The number of furan rings is 1. The molecule has 0 spiro atoms. The molecule has 3 heteroatoms. The molecule has 2 nitrogen and oxygen atoms in total. The van der Waals surface area contributed by atoms with Crippen molar-refractivity contribution in [3.05, 3.63) is 34.0 Å². The molecule has 98 valence electrons. The second-order valence-electron chi connectivity index (χ2n) is 4.84. The van der Waals surface area contributed by atoms with Crippen LogP contribution in [0.25, 0.3) is 11.0 Å². The van der Waals surface area contributed by atoms with E-state index in [0.29, 0.717) is 0 Å². The van der Waals surface area contributed by atoms with Gasteiger partial charge < -0.3 is 9.73 Å². The van der Waals surface area contributed by atoms with Crippen LogP contribution in [0.4, 0.5) is 0 Å². The van der Waals surface area contributed by atoms with Gasteiger partial charge in [-0.25, -0.2) is 0 Å². The number of rotatable bonds is 4. The summed E-state index contributed by atoms with van der Waals surface area (Å²) in [6.45, 7) is 9.41. The minimum absolute atomic E-state index is 0.216. The number of benzene rings is 1. The van der Waals surface area contributed by atoms with Gasteiger partial charge in [-0.05, 0) is 45.4 Å². The second-order valence-corrected chi connectivity index (χ2v) is 5.24. The highest BCUT2D eigenvalue weighted by molar-refractivity contribution is 6.35. The Labute approximate surface area is 113 Å². The van der Waals surface area contributed by atoms with Gasteiger partial charge in [-0.3, -0.25) is 0 Å². The molecular weight excluding hydrogens is 246 g/mol. The summed E-state index contributed by atoms with van der Waals surface area (Å²) >= 11 is 6.28. The Balaban J connectivity index is 2.50. The number of hydrogen-bond acceptors (Lipinski definition) is 2. The number of aryl methyl sites for hydroxylation is 2. The van der Waals surface area contributed by atoms with Crippen molar-refractivity contribution in [1.29, 1.82) is 0 Å². The molecule has 2 aromatic rings. The zero-order chi connectivity index (χ0) is 13.3. The molecule has 2 rings (SSSR count). The van der Waals surface area contributed by atoms with Crippen molar-refractivity contribution in [1.82, 2.24) is 5.32 Å². The first kappa shape index (κ1) is 13.4. The van der Waals surface area contributed by atoms with Crippen molar-refractivity contribution < 1.29 is 4.42 Å². The van der Waals surface area contributed by atoms with Crippen LogP contribution in [-0.2, 0) is 0 Å². The lowest BCUT2D eigenvalue weighted by molar-refractivity contribution is 0.448. The Morgan fingerprint density at radius 3 is 2.67 bits per heavy atom. The highest BCUT2D eigenvalue weighted by Crippen LogP contribution is 2.35. The van der Waals surface area contributed by atoms with Gasteiger partial charge in [0.1, 0.15) is 11.3 Å². The van der Waals surface area contributed by atoms with Gasteiger partial charge in [0.2, 0.25) is 0 Å². The topological polar surface area (TPSA) is 25.2 Å². The van der Waals surface area contributed by atoms with Crippen LogP contribution >= 0.6 is 11.6 Å². The van der Waals surface area contributed by atoms with Crippen molar-refractivity contribution in [3.63, 3.8) is 0 Å². The minimum Gasteiger partial charge on any atom is -0.459 e. The molecule has 0 radical (unpaired) electrons. The van der Waals surface area contributed by atoms with E-state index in [-0.39, 0.29) is 6.04 Å². The Hall–Kier alpha value is -0.990. The van der Waals surface area contributed by atoms with Crippen molar-refractivity contribution in [2.75, 3.05) is 6.54 Å². The summed E-state index contributed by atoms with van der Waals surface area (Å²) < 4.78 is 6.02. The maximum atomic E-state index is 6.28. The Morgan fingerprint density at radius 2 is 2.06 bits per heavy atom. The van der Waals surface area contributed by atoms with Crippen molar-refractivity contribution in [2.24, 2.45) is 0 Å². The SMILES string of the molecule is CCCNC(C)c1oc2c(C)ccc(Cl)c2c1C. The Morgan fingerprint density at radius 1 is 1.33 bits per heavy atom. The molecule has 1 N–H and O–H groups in total. The summed E-state index contributed by atoms with van der Waals surface area (Å²) in [5.74, 6) is 0.995. The highest BCUT2D eigenvalue weighted by atomic mass is 35.5. The zero-order valence-electron chi connectivity index (χ0n) is 11.4. The Bertz CT molecular complexity index is 559. The molecule has 0 amide bonds. The lowest BCUT2D eigenvalue weighted by atomic mass is 10.1. The van der Waals surface area contributed by atoms with E-state index in [4.69, 9.17) is 16.0 Å². The maximum Gasteiger partial charge on any atom is 0.139 e. The molecule has 1 heterocycles. The molecule has 1 aromatic heterocycles. The highest BCUT2D eigenvalue weighted by Gasteiger charge is 2.18. The third-order valence-corrected chi connectivity index (χ3v) is 3.67. The first-order valence-corrected chi connectivity index (χ1v) is 6.85.